The number of amides is 1. The summed E-state index contributed by atoms with van der Waals surface area (Å²) in [4.78, 5) is 12.5. The molecule has 0 saturated carbocycles. The van der Waals surface area contributed by atoms with Gasteiger partial charge in [-0.3, -0.25) is 4.79 Å². The van der Waals surface area contributed by atoms with Crippen LogP contribution >= 0.6 is 11.6 Å². The minimum atomic E-state index is -0.468. The van der Waals surface area contributed by atoms with Crippen molar-refractivity contribution in [2.75, 3.05) is 5.32 Å². The Balaban J connectivity index is 1.72. The summed E-state index contributed by atoms with van der Waals surface area (Å²) in [6, 6.07) is 22.6. The number of hydrogen-bond acceptors (Lipinski definition) is 3. The Labute approximate surface area is 181 Å². The first-order valence-corrected chi connectivity index (χ1v) is 9.81. The Bertz CT molecular complexity index is 1130. The predicted molar refractivity (Wildman–Crippen MR) is 120 cm³/mol. The third kappa shape index (κ3) is 5.50. The predicted octanol–water partition coefficient (Wildman–Crippen LogP) is 6.08. The van der Waals surface area contributed by atoms with Crippen LogP contribution in [0.1, 0.15) is 22.3 Å². The molecule has 4 nitrogen and oxygen atoms in total. The minimum Gasteiger partial charge on any atom is -0.487 e. The highest BCUT2D eigenvalue weighted by atomic mass is 35.5. The molecule has 0 aliphatic rings. The second kappa shape index (κ2) is 9.78. The number of nitrogens with zero attached hydrogens (tertiary/aromatic N) is 1. The monoisotopic (exact) mass is 416 g/mol. The zero-order valence-corrected chi connectivity index (χ0v) is 17.5. The van der Waals surface area contributed by atoms with Gasteiger partial charge in [0.25, 0.3) is 5.91 Å². The van der Waals surface area contributed by atoms with Gasteiger partial charge in [-0.2, -0.15) is 5.26 Å². The van der Waals surface area contributed by atoms with Crippen LogP contribution in [0, 0.1) is 25.2 Å². The van der Waals surface area contributed by atoms with Crippen molar-refractivity contribution in [2.24, 2.45) is 0 Å². The van der Waals surface area contributed by atoms with Gasteiger partial charge in [-0.25, -0.2) is 0 Å². The second-order valence-corrected chi connectivity index (χ2v) is 7.31. The quantitative estimate of drug-likeness (QED) is 0.391. The summed E-state index contributed by atoms with van der Waals surface area (Å²) in [6.45, 7) is 4.29. The van der Waals surface area contributed by atoms with E-state index in [2.05, 4.69) is 5.32 Å². The van der Waals surface area contributed by atoms with E-state index in [0.29, 0.717) is 28.6 Å². The number of ether oxygens (including phenoxy) is 1. The Morgan fingerprint density at radius 3 is 2.53 bits per heavy atom. The standard InChI is InChI=1S/C25H21ClN2O2/c1-17-8-10-23(18(2)12-17)28-25(29)21(15-27)13-20-9-11-24(22(26)14-20)30-16-19-6-4-3-5-7-19/h3-14H,16H2,1-2H3,(H,28,29)/b21-13+. The molecule has 0 aliphatic carbocycles. The lowest BCUT2D eigenvalue weighted by Crippen LogP contribution is -2.14. The normalized spacial score (nSPS) is 10.9. The van der Waals surface area contributed by atoms with Gasteiger partial charge in [0.1, 0.15) is 24.0 Å². The van der Waals surface area contributed by atoms with Crippen LogP contribution < -0.4 is 10.1 Å². The second-order valence-electron chi connectivity index (χ2n) is 6.91. The zero-order valence-electron chi connectivity index (χ0n) is 16.8. The molecule has 30 heavy (non-hydrogen) atoms. The van der Waals surface area contributed by atoms with Crippen LogP contribution in [-0.2, 0) is 11.4 Å². The Morgan fingerprint density at radius 2 is 1.87 bits per heavy atom. The number of aryl methyl sites for hydroxylation is 2. The van der Waals surface area contributed by atoms with Crippen molar-refractivity contribution in [3.63, 3.8) is 0 Å². The molecule has 0 aliphatic heterocycles. The number of nitriles is 1. The van der Waals surface area contributed by atoms with Crippen molar-refractivity contribution in [2.45, 2.75) is 20.5 Å². The van der Waals surface area contributed by atoms with Crippen molar-refractivity contribution in [3.8, 4) is 11.8 Å². The summed E-state index contributed by atoms with van der Waals surface area (Å²) in [7, 11) is 0. The van der Waals surface area contributed by atoms with E-state index in [1.54, 1.807) is 18.2 Å². The molecule has 3 rings (SSSR count). The van der Waals surface area contributed by atoms with Gasteiger partial charge < -0.3 is 10.1 Å². The van der Waals surface area contributed by atoms with Gasteiger partial charge in [-0.15, -0.1) is 0 Å². The van der Waals surface area contributed by atoms with Gasteiger partial charge in [-0.05, 0) is 54.8 Å². The van der Waals surface area contributed by atoms with Gasteiger partial charge in [0.15, 0.2) is 0 Å². The zero-order chi connectivity index (χ0) is 21.5. The molecule has 0 bridgehead atoms. The number of carbonyl (C=O) groups excluding carboxylic acids is 1. The maximum atomic E-state index is 12.5. The number of hydrogen-bond donors (Lipinski definition) is 1. The first-order chi connectivity index (χ1) is 14.5. The summed E-state index contributed by atoms with van der Waals surface area (Å²) in [5.74, 6) is 0.0703. The molecule has 5 heteroatoms. The molecule has 0 atom stereocenters. The van der Waals surface area contributed by atoms with Crippen LogP contribution in [0.2, 0.25) is 5.02 Å². The number of anilines is 1. The van der Waals surface area contributed by atoms with Crippen LogP contribution in [0.25, 0.3) is 6.08 Å². The highest BCUT2D eigenvalue weighted by molar-refractivity contribution is 6.32. The maximum Gasteiger partial charge on any atom is 0.266 e. The maximum absolute atomic E-state index is 12.5. The SMILES string of the molecule is Cc1ccc(NC(=O)/C(C#N)=C/c2ccc(OCc3ccccc3)c(Cl)c2)c(C)c1. The van der Waals surface area contributed by atoms with Crippen molar-refractivity contribution in [1.82, 2.24) is 0 Å². The van der Waals surface area contributed by atoms with E-state index in [1.807, 2.05) is 68.4 Å². The molecule has 0 radical (unpaired) electrons. The number of carbonyl (C=O) groups is 1. The van der Waals surface area contributed by atoms with E-state index in [-0.39, 0.29) is 5.57 Å². The van der Waals surface area contributed by atoms with Crippen LogP contribution in [-0.4, -0.2) is 5.91 Å². The lowest BCUT2D eigenvalue weighted by Gasteiger charge is -2.10. The first-order valence-electron chi connectivity index (χ1n) is 9.43. The fourth-order valence-corrected chi connectivity index (χ4v) is 3.16. The van der Waals surface area contributed by atoms with Crippen molar-refractivity contribution >= 4 is 29.3 Å². The summed E-state index contributed by atoms with van der Waals surface area (Å²) >= 11 is 6.33. The molecular formula is C25H21ClN2O2. The van der Waals surface area contributed by atoms with Crippen molar-refractivity contribution in [1.29, 1.82) is 5.26 Å². The Hall–Kier alpha value is -3.55. The average molecular weight is 417 g/mol. The molecule has 3 aromatic rings. The molecule has 3 aromatic carbocycles. The number of benzene rings is 3. The van der Waals surface area contributed by atoms with Crippen LogP contribution in [0.5, 0.6) is 5.75 Å². The van der Waals surface area contributed by atoms with Gasteiger partial charge in [0.05, 0.1) is 5.02 Å². The van der Waals surface area contributed by atoms with E-state index < -0.39 is 5.91 Å². The minimum absolute atomic E-state index is 0.0102. The summed E-state index contributed by atoms with van der Waals surface area (Å²) in [6.07, 6.45) is 1.51. The van der Waals surface area contributed by atoms with E-state index in [1.165, 1.54) is 6.08 Å². The number of nitrogens with one attached hydrogen (secondary N) is 1. The van der Waals surface area contributed by atoms with Crippen molar-refractivity contribution < 1.29 is 9.53 Å². The largest absolute Gasteiger partial charge is 0.487 e. The summed E-state index contributed by atoms with van der Waals surface area (Å²) < 4.78 is 5.76. The molecule has 0 saturated heterocycles. The molecule has 0 aromatic heterocycles. The summed E-state index contributed by atoms with van der Waals surface area (Å²) in [5, 5.41) is 12.6. The highest BCUT2D eigenvalue weighted by Gasteiger charge is 2.12. The smallest absolute Gasteiger partial charge is 0.266 e. The van der Waals surface area contributed by atoms with Gasteiger partial charge >= 0.3 is 0 Å². The fourth-order valence-electron chi connectivity index (χ4n) is 2.92. The lowest BCUT2D eigenvalue weighted by atomic mass is 10.1. The topological polar surface area (TPSA) is 62.1 Å². The molecule has 1 amide bonds. The van der Waals surface area contributed by atoms with Crippen LogP contribution in [0.4, 0.5) is 5.69 Å². The van der Waals surface area contributed by atoms with E-state index in [9.17, 15) is 10.1 Å². The van der Waals surface area contributed by atoms with Gasteiger partial charge in [0.2, 0.25) is 0 Å². The molecule has 0 fully saturated rings. The van der Waals surface area contributed by atoms with Crippen molar-refractivity contribution in [3.05, 3.63) is 99.6 Å². The van der Waals surface area contributed by atoms with Gasteiger partial charge in [0, 0.05) is 5.69 Å². The third-order valence-corrected chi connectivity index (χ3v) is 4.79. The highest BCUT2D eigenvalue weighted by Crippen LogP contribution is 2.27. The van der Waals surface area contributed by atoms with Crippen LogP contribution in [0.15, 0.2) is 72.3 Å². The molecule has 0 spiro atoms. The van der Waals surface area contributed by atoms with E-state index in [4.69, 9.17) is 16.3 Å². The first kappa shape index (κ1) is 21.2. The summed E-state index contributed by atoms with van der Waals surface area (Å²) in [5.41, 5.74) is 4.37. The molecule has 1 N–H and O–H groups in total. The van der Waals surface area contributed by atoms with E-state index >= 15 is 0 Å². The fraction of sp³-hybridized carbons (Fsp3) is 0.120. The number of rotatable bonds is 6. The molecular weight excluding hydrogens is 396 g/mol. The molecule has 150 valence electrons. The third-order valence-electron chi connectivity index (χ3n) is 4.50. The molecule has 0 unspecified atom stereocenters. The molecule has 0 heterocycles. The average Bonchev–Trinajstić information content (AvgIpc) is 2.74. The Morgan fingerprint density at radius 1 is 1.10 bits per heavy atom. The lowest BCUT2D eigenvalue weighted by molar-refractivity contribution is -0.112. The van der Waals surface area contributed by atoms with Crippen LogP contribution in [0.3, 0.4) is 0 Å². The van der Waals surface area contributed by atoms with Gasteiger partial charge in [-0.1, -0.05) is 65.7 Å². The number of halogens is 1. The Kier molecular flexibility index (Phi) is 6.90. The van der Waals surface area contributed by atoms with E-state index in [0.717, 1.165) is 16.7 Å².